The van der Waals surface area contributed by atoms with Gasteiger partial charge in [-0.25, -0.2) is 14.6 Å². The number of halogens is 6. The SMILES string of the molecule is CN(C)Cc1cn2c(n1)CN(Cc1cccc(C#N)c1)CC2.O=C(O)C(F)(F)F.O=C(O)C(F)(F)F. The van der Waals surface area contributed by atoms with Gasteiger partial charge in [-0.3, -0.25) is 4.90 Å². The fraction of sp³-hybridized carbons (Fsp3) is 0.429. The number of hydrogen-bond acceptors (Lipinski definition) is 6. The molecule has 1 aromatic carbocycles. The van der Waals surface area contributed by atoms with Crippen molar-refractivity contribution in [1.29, 1.82) is 5.26 Å². The molecule has 15 heteroatoms. The van der Waals surface area contributed by atoms with Gasteiger partial charge in [-0.2, -0.15) is 31.6 Å². The van der Waals surface area contributed by atoms with Crippen LogP contribution in [0.3, 0.4) is 0 Å². The summed E-state index contributed by atoms with van der Waals surface area (Å²) in [5.74, 6) is -4.38. The van der Waals surface area contributed by atoms with Gasteiger partial charge in [0.15, 0.2) is 0 Å². The monoisotopic (exact) mass is 523 g/mol. The Labute approximate surface area is 201 Å². The first-order chi connectivity index (χ1) is 16.5. The standard InChI is InChI=1S/C17H21N5.2C2HF3O2/c1-20(2)11-16-12-22-7-6-21(13-17(22)19-16)10-15-5-3-4-14(8-15)9-18;2*3-2(4,5)1(6)7/h3-5,8,12H,6-7,10-11,13H2,1-2H3;2*(H,6,7). The highest BCUT2D eigenvalue weighted by atomic mass is 19.4. The number of alkyl halides is 6. The molecular weight excluding hydrogens is 500 g/mol. The third-order valence-corrected chi connectivity index (χ3v) is 4.36. The van der Waals surface area contributed by atoms with E-state index in [0.29, 0.717) is 0 Å². The molecule has 0 radical (unpaired) electrons. The topological polar surface area (TPSA) is 123 Å². The number of benzene rings is 1. The number of carboxylic acid groups (broad SMARTS) is 2. The Kier molecular flexibility index (Phi) is 10.9. The molecule has 0 saturated carbocycles. The second-order valence-electron chi connectivity index (χ2n) is 7.71. The van der Waals surface area contributed by atoms with Crippen molar-refractivity contribution in [1.82, 2.24) is 19.4 Å². The second kappa shape index (κ2) is 12.9. The number of aromatic nitrogens is 2. The molecule has 1 aromatic heterocycles. The number of imidazole rings is 1. The predicted molar refractivity (Wildman–Crippen MR) is 112 cm³/mol. The van der Waals surface area contributed by atoms with Gasteiger partial charge in [0, 0.05) is 32.4 Å². The number of hydrogen-bond donors (Lipinski definition) is 2. The molecule has 1 aliphatic heterocycles. The highest BCUT2D eigenvalue weighted by Crippen LogP contribution is 2.17. The zero-order valence-electron chi connectivity index (χ0n) is 19.1. The molecule has 0 atom stereocenters. The van der Waals surface area contributed by atoms with Crippen molar-refractivity contribution in [3.05, 3.63) is 53.1 Å². The number of nitriles is 1. The van der Waals surface area contributed by atoms with E-state index in [9.17, 15) is 26.3 Å². The average Bonchev–Trinajstić information content (AvgIpc) is 3.14. The number of aliphatic carboxylic acids is 2. The average molecular weight is 523 g/mol. The van der Waals surface area contributed by atoms with E-state index in [1.54, 1.807) is 0 Å². The second-order valence-corrected chi connectivity index (χ2v) is 7.71. The molecule has 0 amide bonds. The number of carboxylic acids is 2. The molecule has 2 aromatic rings. The van der Waals surface area contributed by atoms with Gasteiger partial charge in [-0.1, -0.05) is 12.1 Å². The Hall–Kier alpha value is -3.64. The number of nitrogens with zero attached hydrogens (tertiary/aromatic N) is 5. The van der Waals surface area contributed by atoms with Gasteiger partial charge >= 0.3 is 24.3 Å². The molecule has 0 unspecified atom stereocenters. The summed E-state index contributed by atoms with van der Waals surface area (Å²) in [6, 6.07) is 10.1. The number of carbonyl (C=O) groups is 2. The van der Waals surface area contributed by atoms with Gasteiger partial charge in [0.1, 0.15) is 5.82 Å². The highest BCUT2D eigenvalue weighted by Gasteiger charge is 2.38. The van der Waals surface area contributed by atoms with Crippen LogP contribution in [0.2, 0.25) is 0 Å². The third-order valence-electron chi connectivity index (χ3n) is 4.36. The maximum Gasteiger partial charge on any atom is 0.490 e. The summed E-state index contributed by atoms with van der Waals surface area (Å²) < 4.78 is 65.7. The predicted octanol–water partition coefficient (Wildman–Crippen LogP) is 3.10. The van der Waals surface area contributed by atoms with Crippen LogP contribution >= 0.6 is 0 Å². The Morgan fingerprint density at radius 3 is 2.11 bits per heavy atom. The molecule has 1 aliphatic rings. The summed E-state index contributed by atoms with van der Waals surface area (Å²) in [6.07, 6.45) is -8.00. The van der Waals surface area contributed by atoms with Crippen molar-refractivity contribution in [3.8, 4) is 6.07 Å². The summed E-state index contributed by atoms with van der Waals surface area (Å²) >= 11 is 0. The van der Waals surface area contributed by atoms with Crippen LogP contribution in [0.1, 0.15) is 22.6 Å². The fourth-order valence-electron chi connectivity index (χ4n) is 2.89. The lowest BCUT2D eigenvalue weighted by atomic mass is 10.1. The summed E-state index contributed by atoms with van der Waals surface area (Å²) in [5.41, 5.74) is 3.05. The lowest BCUT2D eigenvalue weighted by Gasteiger charge is -2.27. The van der Waals surface area contributed by atoms with Crippen LogP contribution in [0, 0.1) is 11.3 Å². The molecule has 36 heavy (non-hydrogen) atoms. The van der Waals surface area contributed by atoms with Crippen LogP contribution < -0.4 is 0 Å². The minimum absolute atomic E-state index is 0.726. The number of fused-ring (bicyclic) bond motifs is 1. The molecule has 0 spiro atoms. The van der Waals surface area contributed by atoms with E-state index in [-0.39, 0.29) is 0 Å². The molecule has 0 saturated heterocycles. The minimum Gasteiger partial charge on any atom is -0.475 e. The van der Waals surface area contributed by atoms with E-state index in [4.69, 9.17) is 30.0 Å². The Morgan fingerprint density at radius 1 is 1.08 bits per heavy atom. The fourth-order valence-corrected chi connectivity index (χ4v) is 2.89. The lowest BCUT2D eigenvalue weighted by molar-refractivity contribution is -0.193. The molecule has 0 aliphatic carbocycles. The quantitative estimate of drug-likeness (QED) is 0.587. The van der Waals surface area contributed by atoms with Crippen molar-refractivity contribution in [2.75, 3.05) is 20.6 Å². The van der Waals surface area contributed by atoms with Crippen LogP contribution in [-0.4, -0.2) is 74.5 Å². The Bertz CT molecular complexity index is 1050. The van der Waals surface area contributed by atoms with Crippen molar-refractivity contribution in [2.24, 2.45) is 0 Å². The van der Waals surface area contributed by atoms with Gasteiger partial charge in [0.2, 0.25) is 0 Å². The zero-order valence-corrected chi connectivity index (χ0v) is 19.1. The largest absolute Gasteiger partial charge is 0.490 e. The van der Waals surface area contributed by atoms with Crippen LogP contribution in [0.5, 0.6) is 0 Å². The van der Waals surface area contributed by atoms with E-state index in [2.05, 4.69) is 46.8 Å². The minimum atomic E-state index is -5.08. The van der Waals surface area contributed by atoms with Gasteiger partial charge in [0.25, 0.3) is 0 Å². The summed E-state index contributed by atoms with van der Waals surface area (Å²) in [7, 11) is 4.12. The van der Waals surface area contributed by atoms with E-state index in [0.717, 1.165) is 49.8 Å². The van der Waals surface area contributed by atoms with Crippen molar-refractivity contribution < 1.29 is 46.1 Å². The highest BCUT2D eigenvalue weighted by molar-refractivity contribution is 5.73. The van der Waals surface area contributed by atoms with Crippen LogP contribution in [0.15, 0.2) is 30.5 Å². The van der Waals surface area contributed by atoms with Gasteiger partial charge in [0.05, 0.1) is 23.9 Å². The Morgan fingerprint density at radius 2 is 1.64 bits per heavy atom. The summed E-state index contributed by atoms with van der Waals surface area (Å²) in [6.45, 7) is 4.61. The first-order valence-corrected chi connectivity index (χ1v) is 10.0. The number of rotatable bonds is 4. The van der Waals surface area contributed by atoms with Crippen molar-refractivity contribution in [2.45, 2.75) is 38.5 Å². The summed E-state index contributed by atoms with van der Waals surface area (Å²) in [4.78, 5) is 27.1. The zero-order chi connectivity index (χ0) is 27.7. The van der Waals surface area contributed by atoms with Gasteiger partial charge < -0.3 is 19.7 Å². The van der Waals surface area contributed by atoms with Crippen LogP contribution in [0.25, 0.3) is 0 Å². The van der Waals surface area contributed by atoms with E-state index in [1.807, 2.05) is 18.2 Å². The molecular formula is C21H23F6N5O4. The van der Waals surface area contributed by atoms with E-state index in [1.165, 1.54) is 5.56 Å². The molecule has 3 rings (SSSR count). The molecule has 2 N–H and O–H groups in total. The molecule has 0 fully saturated rings. The Balaban J connectivity index is 0.000000383. The molecule has 2 heterocycles. The van der Waals surface area contributed by atoms with E-state index >= 15 is 0 Å². The summed E-state index contributed by atoms with van der Waals surface area (Å²) in [5, 5.41) is 23.2. The maximum absolute atomic E-state index is 10.6. The molecule has 0 bridgehead atoms. The van der Waals surface area contributed by atoms with Crippen molar-refractivity contribution in [3.63, 3.8) is 0 Å². The van der Waals surface area contributed by atoms with Crippen molar-refractivity contribution >= 4 is 11.9 Å². The normalized spacial score (nSPS) is 13.4. The van der Waals surface area contributed by atoms with Gasteiger partial charge in [-0.05, 0) is 31.8 Å². The first-order valence-electron chi connectivity index (χ1n) is 10.0. The molecule has 198 valence electrons. The van der Waals surface area contributed by atoms with Crippen LogP contribution in [0.4, 0.5) is 26.3 Å². The third kappa shape index (κ3) is 10.7. The lowest BCUT2D eigenvalue weighted by Crippen LogP contribution is -2.33. The maximum atomic E-state index is 10.6. The molecule has 9 nitrogen and oxygen atoms in total. The first kappa shape index (κ1) is 30.4. The van der Waals surface area contributed by atoms with Gasteiger partial charge in [-0.15, -0.1) is 0 Å². The smallest absolute Gasteiger partial charge is 0.475 e. The van der Waals surface area contributed by atoms with E-state index < -0.39 is 24.3 Å². The van der Waals surface area contributed by atoms with Crippen LogP contribution in [-0.2, 0) is 35.8 Å².